The monoisotopic (exact) mass is 291 g/mol. The Morgan fingerprint density at radius 1 is 1.30 bits per heavy atom. The average Bonchev–Trinajstić information content (AvgIpc) is 2.48. The molecule has 1 saturated carbocycles. The Labute approximate surface area is 124 Å². The lowest BCUT2D eigenvalue weighted by Crippen LogP contribution is -2.42. The Morgan fingerprint density at radius 3 is 2.65 bits per heavy atom. The summed E-state index contributed by atoms with van der Waals surface area (Å²) < 4.78 is 0. The number of carbonyl (C=O) groups is 1. The second-order valence-corrected chi connectivity index (χ2v) is 5.49. The molecule has 20 heavy (non-hydrogen) atoms. The lowest BCUT2D eigenvalue weighted by atomic mass is 9.84. The molecule has 0 spiro atoms. The molecule has 2 N–H and O–H groups in total. The first-order valence-corrected chi connectivity index (χ1v) is 7.30. The Kier molecular flexibility index (Phi) is 5.25. The molecule has 4 nitrogen and oxygen atoms in total. The molecule has 0 bridgehead atoms. The normalized spacial score (nSPS) is 17.0. The van der Waals surface area contributed by atoms with E-state index < -0.39 is 6.04 Å². The van der Waals surface area contributed by atoms with Crippen LogP contribution in [0, 0.1) is 17.2 Å². The third kappa shape index (κ3) is 3.88. The number of halogens is 1. The van der Waals surface area contributed by atoms with Crippen molar-refractivity contribution >= 4 is 23.3 Å². The van der Waals surface area contributed by atoms with Crippen molar-refractivity contribution in [3.8, 4) is 6.07 Å². The van der Waals surface area contributed by atoms with E-state index >= 15 is 0 Å². The van der Waals surface area contributed by atoms with E-state index in [4.69, 9.17) is 11.6 Å². The van der Waals surface area contributed by atoms with Crippen molar-refractivity contribution in [2.75, 3.05) is 5.32 Å². The molecule has 1 atom stereocenters. The summed E-state index contributed by atoms with van der Waals surface area (Å²) in [5.74, 6) is 0.255. The van der Waals surface area contributed by atoms with Crippen molar-refractivity contribution in [3.63, 3.8) is 0 Å². The molecule has 0 aliphatic heterocycles. The first-order chi connectivity index (χ1) is 9.70. The molecule has 0 aromatic heterocycles. The van der Waals surface area contributed by atoms with Crippen molar-refractivity contribution in [2.45, 2.75) is 38.1 Å². The standard InChI is InChI=1S/C15H18ClN3O/c16-12-8-4-5-9-13(12)18-15(20)19-14(10-17)11-6-2-1-3-7-11/h4-5,8-9,11,14H,1-3,6-7H2,(H2,18,19,20). The number of nitriles is 1. The van der Waals surface area contributed by atoms with Gasteiger partial charge in [0.05, 0.1) is 16.8 Å². The molecular formula is C15H18ClN3O. The molecule has 1 aliphatic carbocycles. The second kappa shape index (κ2) is 7.16. The van der Waals surface area contributed by atoms with Gasteiger partial charge < -0.3 is 10.6 Å². The first kappa shape index (κ1) is 14.7. The fourth-order valence-corrected chi connectivity index (χ4v) is 2.77. The van der Waals surface area contributed by atoms with E-state index in [-0.39, 0.29) is 11.9 Å². The number of rotatable bonds is 3. The SMILES string of the molecule is N#CC(NC(=O)Nc1ccccc1Cl)C1CCCCC1. The minimum atomic E-state index is -0.433. The fourth-order valence-electron chi connectivity index (χ4n) is 2.59. The summed E-state index contributed by atoms with van der Waals surface area (Å²) in [6, 6.07) is 8.41. The first-order valence-electron chi connectivity index (χ1n) is 6.92. The summed E-state index contributed by atoms with van der Waals surface area (Å²) in [7, 11) is 0. The number of nitrogens with zero attached hydrogens (tertiary/aromatic N) is 1. The zero-order chi connectivity index (χ0) is 14.4. The van der Waals surface area contributed by atoms with Crippen LogP contribution >= 0.6 is 11.6 Å². The van der Waals surface area contributed by atoms with Crippen LogP contribution in [-0.4, -0.2) is 12.1 Å². The van der Waals surface area contributed by atoms with Gasteiger partial charge in [-0.3, -0.25) is 0 Å². The molecule has 2 amide bonds. The van der Waals surface area contributed by atoms with E-state index in [2.05, 4.69) is 16.7 Å². The molecule has 1 aromatic rings. The molecule has 1 unspecified atom stereocenters. The number of anilines is 1. The molecule has 1 aliphatic rings. The van der Waals surface area contributed by atoms with E-state index in [9.17, 15) is 10.1 Å². The maximum absolute atomic E-state index is 11.9. The predicted octanol–water partition coefficient (Wildman–Crippen LogP) is 3.93. The van der Waals surface area contributed by atoms with Crippen molar-refractivity contribution in [1.29, 1.82) is 5.26 Å². The van der Waals surface area contributed by atoms with E-state index in [0.29, 0.717) is 10.7 Å². The molecule has 2 rings (SSSR count). The third-order valence-corrected chi connectivity index (χ3v) is 4.00. The highest BCUT2D eigenvalue weighted by Gasteiger charge is 2.24. The molecule has 106 valence electrons. The Hall–Kier alpha value is -1.73. The van der Waals surface area contributed by atoms with Crippen molar-refractivity contribution in [1.82, 2.24) is 5.32 Å². The van der Waals surface area contributed by atoms with Crippen molar-refractivity contribution in [3.05, 3.63) is 29.3 Å². The van der Waals surface area contributed by atoms with Gasteiger partial charge in [-0.05, 0) is 30.9 Å². The molecule has 0 heterocycles. The van der Waals surface area contributed by atoms with Crippen LogP contribution in [0.1, 0.15) is 32.1 Å². The van der Waals surface area contributed by atoms with Gasteiger partial charge in [0.2, 0.25) is 0 Å². The largest absolute Gasteiger partial charge is 0.322 e. The third-order valence-electron chi connectivity index (χ3n) is 3.67. The van der Waals surface area contributed by atoms with Gasteiger partial charge in [0.1, 0.15) is 6.04 Å². The highest BCUT2D eigenvalue weighted by molar-refractivity contribution is 6.33. The van der Waals surface area contributed by atoms with Gasteiger partial charge in [0.25, 0.3) is 0 Å². The summed E-state index contributed by atoms with van der Waals surface area (Å²) in [5.41, 5.74) is 0.548. The lowest BCUT2D eigenvalue weighted by molar-refractivity contribution is 0.241. The van der Waals surface area contributed by atoms with Crippen LogP contribution in [0.25, 0.3) is 0 Å². The number of para-hydroxylation sites is 1. The molecule has 0 saturated heterocycles. The quantitative estimate of drug-likeness (QED) is 0.886. The van der Waals surface area contributed by atoms with Crippen LogP contribution in [0.5, 0.6) is 0 Å². The Bertz CT molecular complexity index is 506. The van der Waals surface area contributed by atoms with Crippen LogP contribution in [0.4, 0.5) is 10.5 Å². The number of carbonyl (C=O) groups excluding carboxylic acids is 1. The van der Waals surface area contributed by atoms with Crippen LogP contribution < -0.4 is 10.6 Å². The summed E-state index contributed by atoms with van der Waals surface area (Å²) in [5, 5.41) is 15.1. The molecule has 0 radical (unpaired) electrons. The second-order valence-electron chi connectivity index (χ2n) is 5.08. The van der Waals surface area contributed by atoms with Gasteiger partial charge in [-0.15, -0.1) is 0 Å². The van der Waals surface area contributed by atoms with Crippen LogP contribution in [0.15, 0.2) is 24.3 Å². The maximum Gasteiger partial charge on any atom is 0.320 e. The highest BCUT2D eigenvalue weighted by Crippen LogP contribution is 2.26. The number of amides is 2. The average molecular weight is 292 g/mol. The zero-order valence-corrected chi connectivity index (χ0v) is 12.0. The van der Waals surface area contributed by atoms with Gasteiger partial charge in [0, 0.05) is 0 Å². The molecule has 1 aromatic carbocycles. The minimum Gasteiger partial charge on any atom is -0.322 e. The Balaban J connectivity index is 1.92. The van der Waals surface area contributed by atoms with Gasteiger partial charge in [-0.1, -0.05) is 43.0 Å². The van der Waals surface area contributed by atoms with Crippen LogP contribution in [0.2, 0.25) is 5.02 Å². The minimum absolute atomic E-state index is 0.255. The summed E-state index contributed by atoms with van der Waals surface area (Å²) in [6.07, 6.45) is 5.50. The van der Waals surface area contributed by atoms with E-state index in [1.54, 1.807) is 24.3 Å². The van der Waals surface area contributed by atoms with Crippen molar-refractivity contribution in [2.24, 2.45) is 5.92 Å². The number of hydrogen-bond acceptors (Lipinski definition) is 2. The predicted molar refractivity (Wildman–Crippen MR) is 79.6 cm³/mol. The summed E-state index contributed by atoms with van der Waals surface area (Å²) in [6.45, 7) is 0. The van der Waals surface area contributed by atoms with Gasteiger partial charge in [-0.2, -0.15) is 5.26 Å². The van der Waals surface area contributed by atoms with Crippen LogP contribution in [0.3, 0.4) is 0 Å². The van der Waals surface area contributed by atoms with Gasteiger partial charge >= 0.3 is 6.03 Å². The van der Waals surface area contributed by atoms with E-state index in [0.717, 1.165) is 25.7 Å². The summed E-state index contributed by atoms with van der Waals surface area (Å²) in [4.78, 5) is 11.9. The molecule has 5 heteroatoms. The van der Waals surface area contributed by atoms with E-state index in [1.165, 1.54) is 6.42 Å². The lowest BCUT2D eigenvalue weighted by Gasteiger charge is -2.26. The number of benzene rings is 1. The van der Waals surface area contributed by atoms with Gasteiger partial charge in [-0.25, -0.2) is 4.79 Å². The Morgan fingerprint density at radius 2 is 2.00 bits per heavy atom. The topological polar surface area (TPSA) is 64.9 Å². The summed E-state index contributed by atoms with van der Waals surface area (Å²) >= 11 is 5.98. The number of hydrogen-bond donors (Lipinski definition) is 2. The van der Waals surface area contributed by atoms with E-state index in [1.807, 2.05) is 0 Å². The maximum atomic E-state index is 11.9. The molecule has 1 fully saturated rings. The zero-order valence-electron chi connectivity index (χ0n) is 11.2. The number of nitrogens with one attached hydrogen (secondary N) is 2. The van der Waals surface area contributed by atoms with Crippen molar-refractivity contribution < 1.29 is 4.79 Å². The molecular weight excluding hydrogens is 274 g/mol. The number of urea groups is 1. The van der Waals surface area contributed by atoms with Crippen LogP contribution in [-0.2, 0) is 0 Å². The smallest absolute Gasteiger partial charge is 0.320 e. The highest BCUT2D eigenvalue weighted by atomic mass is 35.5. The van der Waals surface area contributed by atoms with Gasteiger partial charge in [0.15, 0.2) is 0 Å². The fraction of sp³-hybridized carbons (Fsp3) is 0.467.